The van der Waals surface area contributed by atoms with Crippen LogP contribution in [0.15, 0.2) is 77.0 Å². The van der Waals surface area contributed by atoms with Gasteiger partial charge >= 0.3 is 5.97 Å². The number of carbonyl (C=O) groups is 2. The third kappa shape index (κ3) is 4.28. The van der Waals surface area contributed by atoms with Crippen molar-refractivity contribution in [1.29, 1.82) is 0 Å². The van der Waals surface area contributed by atoms with Gasteiger partial charge in [0.05, 0.1) is 18.2 Å². The minimum Gasteiger partial charge on any atom is -0.489 e. The monoisotopic (exact) mass is 464 g/mol. The van der Waals surface area contributed by atoms with Crippen LogP contribution in [-0.2, 0) is 11.3 Å². The molecule has 0 bridgehead atoms. The molecule has 0 N–H and O–H groups in total. The van der Waals surface area contributed by atoms with Crippen molar-refractivity contribution in [2.45, 2.75) is 6.61 Å². The van der Waals surface area contributed by atoms with Crippen LogP contribution in [-0.4, -0.2) is 18.9 Å². The van der Waals surface area contributed by atoms with E-state index in [4.69, 9.17) is 9.47 Å². The predicted molar refractivity (Wildman–Crippen MR) is 116 cm³/mol. The van der Waals surface area contributed by atoms with Crippen molar-refractivity contribution in [2.24, 2.45) is 0 Å². The van der Waals surface area contributed by atoms with Gasteiger partial charge in [0.1, 0.15) is 18.1 Å². The summed E-state index contributed by atoms with van der Waals surface area (Å²) in [5, 5.41) is 0. The lowest BCUT2D eigenvalue weighted by Gasteiger charge is -2.07. The van der Waals surface area contributed by atoms with Crippen LogP contribution in [0, 0.1) is 0 Å². The molecule has 150 valence electrons. The molecule has 0 saturated heterocycles. The lowest BCUT2D eigenvalue weighted by Crippen LogP contribution is -2.01. The molecule has 0 radical (unpaired) electrons. The lowest BCUT2D eigenvalue weighted by molar-refractivity contribution is 0.0600. The number of rotatable bonds is 5. The van der Waals surface area contributed by atoms with Gasteiger partial charge < -0.3 is 14.2 Å². The molecule has 6 heteroatoms. The second kappa shape index (κ2) is 8.55. The van der Waals surface area contributed by atoms with Crippen LogP contribution >= 0.6 is 15.9 Å². The fourth-order valence-corrected chi connectivity index (χ4v) is 3.25. The normalized spacial score (nSPS) is 13.7. The SMILES string of the molecule is COC(=O)c1ccc(/C=C2\Oc3cc(OCc4ccc(Br)cc4)ccc3C2=O)cc1. The Morgan fingerprint density at radius 1 is 1.03 bits per heavy atom. The molecule has 3 aromatic rings. The van der Waals surface area contributed by atoms with E-state index in [1.54, 1.807) is 48.5 Å². The van der Waals surface area contributed by atoms with Gasteiger partial charge in [0.15, 0.2) is 5.76 Å². The molecule has 5 nitrogen and oxygen atoms in total. The van der Waals surface area contributed by atoms with Gasteiger partial charge in [-0.2, -0.15) is 0 Å². The molecule has 0 fully saturated rings. The summed E-state index contributed by atoms with van der Waals surface area (Å²) in [6.45, 7) is 0.412. The Hall–Kier alpha value is -3.38. The van der Waals surface area contributed by atoms with Gasteiger partial charge in [-0.15, -0.1) is 0 Å². The Bertz CT molecular complexity index is 1130. The fourth-order valence-electron chi connectivity index (χ4n) is 2.99. The van der Waals surface area contributed by atoms with E-state index in [2.05, 4.69) is 20.7 Å². The maximum Gasteiger partial charge on any atom is 0.337 e. The van der Waals surface area contributed by atoms with Gasteiger partial charge in [-0.05, 0) is 53.6 Å². The minimum atomic E-state index is -0.412. The van der Waals surface area contributed by atoms with Crippen LogP contribution in [0.4, 0.5) is 0 Å². The second-order valence-electron chi connectivity index (χ2n) is 6.63. The van der Waals surface area contributed by atoms with Crippen LogP contribution in [0.3, 0.4) is 0 Å². The molecule has 30 heavy (non-hydrogen) atoms. The molecule has 0 amide bonds. The molecule has 0 aliphatic carbocycles. The van der Waals surface area contributed by atoms with Crippen LogP contribution in [0.2, 0.25) is 0 Å². The van der Waals surface area contributed by atoms with E-state index in [0.717, 1.165) is 15.6 Å². The first-order valence-corrected chi connectivity index (χ1v) is 9.97. The number of benzene rings is 3. The number of carbonyl (C=O) groups excluding carboxylic acids is 2. The molecule has 0 unspecified atom stereocenters. The average molecular weight is 465 g/mol. The van der Waals surface area contributed by atoms with Crippen LogP contribution in [0.5, 0.6) is 11.5 Å². The zero-order valence-electron chi connectivity index (χ0n) is 16.1. The molecule has 3 aromatic carbocycles. The van der Waals surface area contributed by atoms with Gasteiger partial charge in [-0.1, -0.05) is 40.2 Å². The number of allylic oxidation sites excluding steroid dienone is 1. The summed E-state index contributed by atoms with van der Waals surface area (Å²) in [4.78, 5) is 24.2. The van der Waals surface area contributed by atoms with Crippen molar-refractivity contribution >= 4 is 33.8 Å². The summed E-state index contributed by atoms with van der Waals surface area (Å²) in [5.74, 6) is 0.701. The number of fused-ring (bicyclic) bond motifs is 1. The summed E-state index contributed by atoms with van der Waals surface area (Å²) in [6, 6.07) is 19.8. The highest BCUT2D eigenvalue weighted by Gasteiger charge is 2.27. The van der Waals surface area contributed by atoms with E-state index in [1.165, 1.54) is 7.11 Å². The van der Waals surface area contributed by atoms with Crippen molar-refractivity contribution in [3.8, 4) is 11.5 Å². The van der Waals surface area contributed by atoms with Crippen molar-refractivity contribution in [1.82, 2.24) is 0 Å². The van der Waals surface area contributed by atoms with Crippen molar-refractivity contribution in [3.05, 3.63) is 99.2 Å². The topological polar surface area (TPSA) is 61.8 Å². The molecule has 4 rings (SSSR count). The van der Waals surface area contributed by atoms with Gasteiger partial charge in [0.2, 0.25) is 5.78 Å². The first-order valence-electron chi connectivity index (χ1n) is 9.17. The number of ketones is 1. The summed E-state index contributed by atoms with van der Waals surface area (Å²) < 4.78 is 17.3. The highest BCUT2D eigenvalue weighted by atomic mass is 79.9. The molecule has 0 aromatic heterocycles. The zero-order chi connectivity index (χ0) is 21.1. The maximum absolute atomic E-state index is 12.6. The standard InChI is InChI=1S/C24H17BrO5/c1-28-24(27)17-6-2-15(3-7-17)12-22-23(26)20-11-10-19(13-21(20)30-22)29-14-16-4-8-18(25)9-5-16/h2-13H,14H2,1H3/b22-12-. The number of hydrogen-bond donors (Lipinski definition) is 0. The highest BCUT2D eigenvalue weighted by Crippen LogP contribution is 2.35. The third-order valence-electron chi connectivity index (χ3n) is 4.59. The first kappa shape index (κ1) is 19.9. The first-order chi connectivity index (χ1) is 14.5. The van der Waals surface area contributed by atoms with Crippen LogP contribution in [0.25, 0.3) is 6.08 Å². The predicted octanol–water partition coefficient (Wildman–Crippen LogP) is 5.43. The number of ether oxygens (including phenoxy) is 3. The summed E-state index contributed by atoms with van der Waals surface area (Å²) >= 11 is 3.41. The smallest absolute Gasteiger partial charge is 0.337 e. The molecular weight excluding hydrogens is 448 g/mol. The number of hydrogen-bond acceptors (Lipinski definition) is 5. The number of halogens is 1. The summed E-state index contributed by atoms with van der Waals surface area (Å²) in [6.07, 6.45) is 1.64. The largest absolute Gasteiger partial charge is 0.489 e. The van der Waals surface area contributed by atoms with Crippen molar-refractivity contribution in [2.75, 3.05) is 7.11 Å². The molecule has 1 aliphatic rings. The molecule has 0 spiro atoms. The van der Waals surface area contributed by atoms with E-state index in [0.29, 0.717) is 29.2 Å². The van der Waals surface area contributed by atoms with Crippen molar-refractivity contribution in [3.63, 3.8) is 0 Å². The maximum atomic E-state index is 12.6. The van der Waals surface area contributed by atoms with Gasteiger partial charge in [0, 0.05) is 10.5 Å². The van der Waals surface area contributed by atoms with E-state index in [9.17, 15) is 9.59 Å². The molecule has 1 aliphatic heterocycles. The Morgan fingerprint density at radius 3 is 2.47 bits per heavy atom. The molecule has 0 atom stereocenters. The summed E-state index contributed by atoms with van der Waals surface area (Å²) in [7, 11) is 1.33. The van der Waals surface area contributed by atoms with Gasteiger partial charge in [-0.25, -0.2) is 4.79 Å². The Labute approximate surface area is 182 Å². The van der Waals surface area contributed by atoms with Gasteiger partial charge in [0.25, 0.3) is 0 Å². The molecular formula is C24H17BrO5. The Balaban J connectivity index is 1.47. The van der Waals surface area contributed by atoms with Crippen LogP contribution < -0.4 is 9.47 Å². The number of esters is 1. The third-order valence-corrected chi connectivity index (χ3v) is 5.12. The van der Waals surface area contributed by atoms with Crippen molar-refractivity contribution < 1.29 is 23.8 Å². The lowest BCUT2D eigenvalue weighted by atomic mass is 10.1. The average Bonchev–Trinajstić information content (AvgIpc) is 3.08. The van der Waals surface area contributed by atoms with E-state index < -0.39 is 5.97 Å². The number of Topliss-reactive ketones (excluding diaryl/α,β-unsaturated/α-hetero) is 1. The van der Waals surface area contributed by atoms with E-state index in [-0.39, 0.29) is 11.5 Å². The quantitative estimate of drug-likeness (QED) is 0.372. The second-order valence-corrected chi connectivity index (χ2v) is 7.54. The Kier molecular flexibility index (Phi) is 5.68. The van der Waals surface area contributed by atoms with E-state index in [1.807, 2.05) is 24.3 Å². The minimum absolute atomic E-state index is 0.193. The highest BCUT2D eigenvalue weighted by molar-refractivity contribution is 9.10. The number of methoxy groups -OCH3 is 1. The zero-order valence-corrected chi connectivity index (χ0v) is 17.6. The van der Waals surface area contributed by atoms with Gasteiger partial charge in [-0.3, -0.25) is 4.79 Å². The Morgan fingerprint density at radius 2 is 1.77 bits per heavy atom. The van der Waals surface area contributed by atoms with E-state index >= 15 is 0 Å². The van der Waals surface area contributed by atoms with Crippen LogP contribution in [0.1, 0.15) is 31.8 Å². The summed E-state index contributed by atoms with van der Waals surface area (Å²) in [5.41, 5.74) is 2.70. The fraction of sp³-hybridized carbons (Fsp3) is 0.0833. The molecule has 1 heterocycles. The molecule has 0 saturated carbocycles.